The van der Waals surface area contributed by atoms with Crippen LogP contribution in [0, 0.1) is 0 Å². The van der Waals surface area contributed by atoms with E-state index in [0.29, 0.717) is 0 Å². The molecule has 1 saturated heterocycles. The fourth-order valence-corrected chi connectivity index (χ4v) is 2.41. The Morgan fingerprint density at radius 2 is 1.83 bits per heavy atom. The van der Waals surface area contributed by atoms with Gasteiger partial charge in [0.25, 0.3) is 0 Å². The Hall–Kier alpha value is -1.06. The van der Waals surface area contributed by atoms with Gasteiger partial charge >= 0.3 is 0 Å². The monoisotopic (exact) mass is 248 g/mol. The Morgan fingerprint density at radius 3 is 2.44 bits per heavy atom. The van der Waals surface area contributed by atoms with Gasteiger partial charge < -0.3 is 14.5 Å². The molecule has 0 aromatic heterocycles. The molecule has 0 radical (unpaired) electrons. The van der Waals surface area contributed by atoms with Gasteiger partial charge in [-0.1, -0.05) is 19.1 Å². The van der Waals surface area contributed by atoms with Gasteiger partial charge in [0.2, 0.25) is 0 Å². The Morgan fingerprint density at radius 1 is 1.17 bits per heavy atom. The molecule has 3 nitrogen and oxygen atoms in total. The van der Waals surface area contributed by atoms with Crippen LogP contribution in [0.15, 0.2) is 24.3 Å². The number of hydrogen-bond donors (Lipinski definition) is 0. The molecule has 0 N–H and O–H groups in total. The summed E-state index contributed by atoms with van der Waals surface area (Å²) in [5, 5.41) is 0. The first-order chi connectivity index (χ1) is 8.79. The normalized spacial score (nSPS) is 16.3. The summed E-state index contributed by atoms with van der Waals surface area (Å²) in [7, 11) is 2.18. The molecule has 1 aromatic rings. The molecule has 1 heterocycles. The Bertz CT molecular complexity index is 344. The molecular weight excluding hydrogens is 224 g/mol. The van der Waals surface area contributed by atoms with Crippen molar-refractivity contribution in [2.45, 2.75) is 19.9 Å². The maximum Gasteiger partial charge on any atom is 0.0642 e. The number of benzene rings is 1. The van der Waals surface area contributed by atoms with Crippen molar-refractivity contribution < 1.29 is 4.74 Å². The van der Waals surface area contributed by atoms with Crippen molar-refractivity contribution in [3.8, 4) is 0 Å². The van der Waals surface area contributed by atoms with E-state index in [1.165, 1.54) is 17.7 Å². The number of hydrogen-bond acceptors (Lipinski definition) is 3. The topological polar surface area (TPSA) is 15.7 Å². The lowest BCUT2D eigenvalue weighted by Gasteiger charge is -2.29. The molecule has 18 heavy (non-hydrogen) atoms. The van der Waals surface area contributed by atoms with E-state index in [-0.39, 0.29) is 0 Å². The molecule has 0 bridgehead atoms. The highest BCUT2D eigenvalue weighted by molar-refractivity contribution is 5.47. The molecule has 1 aliphatic rings. The molecule has 3 heteroatoms. The average molecular weight is 248 g/mol. The number of anilines is 1. The van der Waals surface area contributed by atoms with Crippen molar-refractivity contribution in [1.82, 2.24) is 4.90 Å². The van der Waals surface area contributed by atoms with Crippen molar-refractivity contribution in [1.29, 1.82) is 0 Å². The van der Waals surface area contributed by atoms with Crippen molar-refractivity contribution in [2.75, 3.05) is 44.8 Å². The van der Waals surface area contributed by atoms with E-state index < -0.39 is 0 Å². The lowest BCUT2D eigenvalue weighted by molar-refractivity contribution is 0.122. The maximum absolute atomic E-state index is 5.38. The van der Waals surface area contributed by atoms with Gasteiger partial charge in [0.05, 0.1) is 13.2 Å². The quantitative estimate of drug-likeness (QED) is 0.795. The van der Waals surface area contributed by atoms with Gasteiger partial charge in [0.15, 0.2) is 0 Å². The van der Waals surface area contributed by atoms with E-state index in [1.54, 1.807) is 0 Å². The Balaban J connectivity index is 1.92. The molecule has 1 aliphatic heterocycles. The first-order valence-electron chi connectivity index (χ1n) is 6.90. The first kappa shape index (κ1) is 13.4. The fourth-order valence-electron chi connectivity index (χ4n) is 2.41. The molecule has 1 aromatic carbocycles. The van der Waals surface area contributed by atoms with Crippen LogP contribution < -0.4 is 4.90 Å². The van der Waals surface area contributed by atoms with E-state index >= 15 is 0 Å². The number of nitrogens with zero attached hydrogens (tertiary/aromatic N) is 2. The van der Waals surface area contributed by atoms with Crippen LogP contribution >= 0.6 is 0 Å². The van der Waals surface area contributed by atoms with Gasteiger partial charge in [-0.2, -0.15) is 0 Å². The lowest BCUT2D eigenvalue weighted by atomic mass is 10.1. The maximum atomic E-state index is 5.38. The van der Waals surface area contributed by atoms with Gasteiger partial charge in [-0.05, 0) is 37.7 Å². The van der Waals surface area contributed by atoms with Crippen LogP contribution in [0.3, 0.4) is 0 Å². The zero-order chi connectivity index (χ0) is 12.8. The van der Waals surface area contributed by atoms with Crippen LogP contribution in [-0.2, 0) is 11.3 Å². The van der Waals surface area contributed by atoms with Crippen LogP contribution in [-0.4, -0.2) is 44.8 Å². The van der Waals surface area contributed by atoms with Crippen LogP contribution in [0.5, 0.6) is 0 Å². The molecule has 0 aliphatic carbocycles. The lowest BCUT2D eigenvalue weighted by Crippen LogP contribution is -2.36. The SMILES string of the molecule is CCCN(C)Cc1ccc(N2CCOCC2)cc1. The largest absolute Gasteiger partial charge is 0.378 e. The number of ether oxygens (including phenoxy) is 1. The zero-order valence-electron chi connectivity index (χ0n) is 11.6. The number of morpholine rings is 1. The third-order valence-corrected chi connectivity index (χ3v) is 3.37. The standard InChI is InChI=1S/C15H24N2O/c1-3-8-16(2)13-14-4-6-15(7-5-14)17-9-11-18-12-10-17/h4-7H,3,8-13H2,1-2H3. The minimum Gasteiger partial charge on any atom is -0.378 e. The van der Waals surface area contributed by atoms with E-state index in [9.17, 15) is 0 Å². The molecule has 0 saturated carbocycles. The summed E-state index contributed by atoms with van der Waals surface area (Å²) in [6.07, 6.45) is 1.21. The van der Waals surface area contributed by atoms with Crippen molar-refractivity contribution in [3.05, 3.63) is 29.8 Å². The average Bonchev–Trinajstić information content (AvgIpc) is 2.41. The molecular formula is C15H24N2O. The Labute approximate surface area is 110 Å². The molecule has 1 fully saturated rings. The van der Waals surface area contributed by atoms with Crippen molar-refractivity contribution in [3.63, 3.8) is 0 Å². The highest BCUT2D eigenvalue weighted by Gasteiger charge is 2.10. The predicted octanol–water partition coefficient (Wildman–Crippen LogP) is 2.37. The summed E-state index contributed by atoms with van der Waals surface area (Å²) >= 11 is 0. The van der Waals surface area contributed by atoms with Crippen LogP contribution in [0.25, 0.3) is 0 Å². The summed E-state index contributed by atoms with van der Waals surface area (Å²) in [5.41, 5.74) is 2.71. The van der Waals surface area contributed by atoms with Gasteiger partial charge in [0.1, 0.15) is 0 Å². The summed E-state index contributed by atoms with van der Waals surface area (Å²) in [6, 6.07) is 8.97. The van der Waals surface area contributed by atoms with E-state index in [4.69, 9.17) is 4.74 Å². The third-order valence-electron chi connectivity index (χ3n) is 3.37. The smallest absolute Gasteiger partial charge is 0.0642 e. The van der Waals surface area contributed by atoms with Crippen LogP contribution in [0.4, 0.5) is 5.69 Å². The highest BCUT2D eigenvalue weighted by atomic mass is 16.5. The van der Waals surface area contributed by atoms with Gasteiger partial charge in [-0.15, -0.1) is 0 Å². The highest BCUT2D eigenvalue weighted by Crippen LogP contribution is 2.17. The Kier molecular flexibility index (Phi) is 5.02. The van der Waals surface area contributed by atoms with Crippen LogP contribution in [0.1, 0.15) is 18.9 Å². The summed E-state index contributed by atoms with van der Waals surface area (Å²) in [6.45, 7) is 8.13. The van der Waals surface area contributed by atoms with Gasteiger partial charge in [-0.3, -0.25) is 0 Å². The summed E-state index contributed by atoms with van der Waals surface area (Å²) in [4.78, 5) is 4.76. The predicted molar refractivity (Wildman–Crippen MR) is 76.1 cm³/mol. The fraction of sp³-hybridized carbons (Fsp3) is 0.600. The molecule has 2 rings (SSSR count). The minimum atomic E-state index is 0.848. The van der Waals surface area contributed by atoms with Crippen LogP contribution in [0.2, 0.25) is 0 Å². The van der Waals surface area contributed by atoms with Crippen molar-refractivity contribution in [2.24, 2.45) is 0 Å². The minimum absolute atomic E-state index is 0.848. The molecule has 0 spiro atoms. The van der Waals surface area contributed by atoms with E-state index in [0.717, 1.165) is 39.4 Å². The van der Waals surface area contributed by atoms with Gasteiger partial charge in [-0.25, -0.2) is 0 Å². The number of rotatable bonds is 5. The summed E-state index contributed by atoms with van der Waals surface area (Å²) < 4.78 is 5.38. The van der Waals surface area contributed by atoms with Gasteiger partial charge in [0, 0.05) is 25.3 Å². The second kappa shape index (κ2) is 6.76. The van der Waals surface area contributed by atoms with E-state index in [1.807, 2.05) is 0 Å². The second-order valence-electron chi connectivity index (χ2n) is 5.00. The molecule has 0 unspecified atom stereocenters. The zero-order valence-corrected chi connectivity index (χ0v) is 11.6. The van der Waals surface area contributed by atoms with Crippen molar-refractivity contribution >= 4 is 5.69 Å². The molecule has 100 valence electrons. The summed E-state index contributed by atoms with van der Waals surface area (Å²) in [5.74, 6) is 0. The van der Waals surface area contributed by atoms with E-state index in [2.05, 4.69) is 48.0 Å². The second-order valence-corrected chi connectivity index (χ2v) is 5.00. The molecule has 0 amide bonds. The first-order valence-corrected chi connectivity index (χ1v) is 6.90. The molecule has 0 atom stereocenters. The third kappa shape index (κ3) is 3.72.